The van der Waals surface area contributed by atoms with Gasteiger partial charge in [-0.05, 0) is 55.0 Å². The van der Waals surface area contributed by atoms with E-state index in [1.165, 1.54) is 0 Å². The van der Waals surface area contributed by atoms with Gasteiger partial charge in [-0.1, -0.05) is 0 Å². The van der Waals surface area contributed by atoms with Crippen LogP contribution < -0.4 is 11.1 Å². The van der Waals surface area contributed by atoms with E-state index in [2.05, 4.69) is 21.2 Å². The Kier molecular flexibility index (Phi) is 5.34. The zero-order chi connectivity index (χ0) is 14.6. The lowest BCUT2D eigenvalue weighted by Crippen LogP contribution is -2.47. The number of nitrogens with two attached hydrogens (primary N) is 1. The molecule has 106 valence electrons. The minimum Gasteiger partial charge on any atom is -0.399 e. The molecule has 0 unspecified atom stereocenters. The predicted octanol–water partition coefficient (Wildman–Crippen LogP) is 1.67. The molecule has 0 saturated carbocycles. The standard InChI is InChI=1S/C13H20BrN3O2/c1-13(2,8-18)17(3)7-12(19)16-11-5-4-9(15)6-10(11)14/h4-6,18H,7-8,15H2,1-3H3,(H,16,19). The van der Waals surface area contributed by atoms with E-state index in [1.807, 2.05) is 13.8 Å². The average molecular weight is 330 g/mol. The quantitative estimate of drug-likeness (QED) is 0.718. The van der Waals surface area contributed by atoms with E-state index in [0.29, 0.717) is 11.4 Å². The second-order valence-corrected chi connectivity index (χ2v) is 5.97. The van der Waals surface area contributed by atoms with Crippen molar-refractivity contribution in [2.75, 3.05) is 31.2 Å². The van der Waals surface area contributed by atoms with Gasteiger partial charge in [0, 0.05) is 15.7 Å². The number of benzene rings is 1. The third-order valence-corrected chi connectivity index (χ3v) is 3.72. The number of nitrogens with zero attached hydrogens (tertiary/aromatic N) is 1. The molecule has 19 heavy (non-hydrogen) atoms. The van der Waals surface area contributed by atoms with Crippen LogP contribution >= 0.6 is 15.9 Å². The number of halogens is 1. The number of amides is 1. The monoisotopic (exact) mass is 329 g/mol. The fourth-order valence-corrected chi connectivity index (χ4v) is 1.87. The third-order valence-electron chi connectivity index (χ3n) is 3.07. The summed E-state index contributed by atoms with van der Waals surface area (Å²) in [5, 5.41) is 12.0. The predicted molar refractivity (Wildman–Crippen MR) is 81.0 cm³/mol. The molecule has 0 fully saturated rings. The van der Waals surface area contributed by atoms with Crippen molar-refractivity contribution in [3.05, 3.63) is 22.7 Å². The van der Waals surface area contributed by atoms with E-state index < -0.39 is 5.54 Å². The Bertz CT molecular complexity index is 463. The van der Waals surface area contributed by atoms with Gasteiger partial charge in [-0.25, -0.2) is 0 Å². The van der Waals surface area contributed by atoms with Crippen LogP contribution in [0.25, 0.3) is 0 Å². The number of hydrogen-bond acceptors (Lipinski definition) is 4. The van der Waals surface area contributed by atoms with Crippen molar-refractivity contribution in [2.45, 2.75) is 19.4 Å². The SMILES string of the molecule is CN(CC(=O)Nc1ccc(N)cc1Br)C(C)(C)CO. The van der Waals surface area contributed by atoms with Gasteiger partial charge >= 0.3 is 0 Å². The maximum absolute atomic E-state index is 11.9. The Labute approximate surface area is 121 Å². The Morgan fingerprint density at radius 2 is 2.16 bits per heavy atom. The number of nitrogen functional groups attached to an aromatic ring is 1. The van der Waals surface area contributed by atoms with Crippen molar-refractivity contribution in [2.24, 2.45) is 0 Å². The molecule has 0 heterocycles. The maximum Gasteiger partial charge on any atom is 0.238 e. The number of likely N-dealkylation sites (N-methyl/N-ethyl adjacent to an activating group) is 1. The van der Waals surface area contributed by atoms with Crippen LogP contribution in [0.15, 0.2) is 22.7 Å². The first-order chi connectivity index (χ1) is 8.76. The van der Waals surface area contributed by atoms with Crippen molar-refractivity contribution < 1.29 is 9.90 Å². The lowest BCUT2D eigenvalue weighted by molar-refractivity contribution is -0.118. The topological polar surface area (TPSA) is 78.6 Å². The normalized spacial score (nSPS) is 11.7. The highest BCUT2D eigenvalue weighted by molar-refractivity contribution is 9.10. The number of hydrogen-bond donors (Lipinski definition) is 3. The molecule has 0 radical (unpaired) electrons. The molecule has 0 bridgehead atoms. The van der Waals surface area contributed by atoms with Gasteiger partial charge in [0.15, 0.2) is 0 Å². The van der Waals surface area contributed by atoms with Gasteiger partial charge in [0.2, 0.25) is 5.91 Å². The van der Waals surface area contributed by atoms with Crippen LogP contribution in [-0.2, 0) is 4.79 Å². The smallest absolute Gasteiger partial charge is 0.238 e. The van der Waals surface area contributed by atoms with Crippen LogP contribution in [-0.4, -0.2) is 41.7 Å². The molecule has 0 atom stereocenters. The molecule has 0 aliphatic rings. The Morgan fingerprint density at radius 3 is 2.68 bits per heavy atom. The van der Waals surface area contributed by atoms with Gasteiger partial charge in [0.1, 0.15) is 0 Å². The van der Waals surface area contributed by atoms with Gasteiger partial charge in [0.05, 0.1) is 18.8 Å². The van der Waals surface area contributed by atoms with Crippen molar-refractivity contribution in [3.63, 3.8) is 0 Å². The molecule has 0 saturated heterocycles. The van der Waals surface area contributed by atoms with Gasteiger partial charge in [-0.3, -0.25) is 9.69 Å². The fourth-order valence-electron chi connectivity index (χ4n) is 1.37. The van der Waals surface area contributed by atoms with Crippen molar-refractivity contribution in [1.82, 2.24) is 4.90 Å². The molecular formula is C13H20BrN3O2. The zero-order valence-corrected chi connectivity index (χ0v) is 13.0. The van der Waals surface area contributed by atoms with Crippen molar-refractivity contribution >= 4 is 33.2 Å². The van der Waals surface area contributed by atoms with Crippen LogP contribution in [0.5, 0.6) is 0 Å². The summed E-state index contributed by atoms with van der Waals surface area (Å²) in [6, 6.07) is 5.20. The van der Waals surface area contributed by atoms with Crippen LogP contribution in [0.4, 0.5) is 11.4 Å². The maximum atomic E-state index is 11.9. The number of nitrogens with one attached hydrogen (secondary N) is 1. The van der Waals surface area contributed by atoms with E-state index in [4.69, 9.17) is 5.73 Å². The number of aliphatic hydroxyl groups excluding tert-OH is 1. The Hall–Kier alpha value is -1.11. The third kappa shape index (κ3) is 4.49. The van der Waals surface area contributed by atoms with E-state index in [9.17, 15) is 9.90 Å². The highest BCUT2D eigenvalue weighted by Crippen LogP contribution is 2.24. The van der Waals surface area contributed by atoms with Crippen molar-refractivity contribution in [1.29, 1.82) is 0 Å². The summed E-state index contributed by atoms with van der Waals surface area (Å²) >= 11 is 3.35. The molecule has 0 spiro atoms. The largest absolute Gasteiger partial charge is 0.399 e. The molecule has 4 N–H and O–H groups in total. The lowest BCUT2D eigenvalue weighted by Gasteiger charge is -2.33. The van der Waals surface area contributed by atoms with E-state index in [0.717, 1.165) is 4.47 Å². The summed E-state index contributed by atoms with van der Waals surface area (Å²) in [5.41, 5.74) is 6.50. The van der Waals surface area contributed by atoms with E-state index in [1.54, 1.807) is 30.1 Å². The van der Waals surface area contributed by atoms with E-state index >= 15 is 0 Å². The Balaban J connectivity index is 2.65. The zero-order valence-electron chi connectivity index (χ0n) is 11.4. The first-order valence-corrected chi connectivity index (χ1v) is 6.72. The molecule has 1 rings (SSSR count). The number of aliphatic hydroxyl groups is 1. The molecule has 5 nitrogen and oxygen atoms in total. The molecule has 0 aromatic heterocycles. The van der Waals surface area contributed by atoms with Crippen LogP contribution in [0.2, 0.25) is 0 Å². The summed E-state index contributed by atoms with van der Waals surface area (Å²) in [7, 11) is 1.80. The first kappa shape index (κ1) is 15.9. The summed E-state index contributed by atoms with van der Waals surface area (Å²) < 4.78 is 0.741. The molecule has 1 amide bonds. The molecule has 1 aromatic carbocycles. The molecule has 0 aliphatic heterocycles. The number of anilines is 2. The van der Waals surface area contributed by atoms with Crippen molar-refractivity contribution in [3.8, 4) is 0 Å². The first-order valence-electron chi connectivity index (χ1n) is 5.93. The molecule has 0 aliphatic carbocycles. The Morgan fingerprint density at radius 1 is 1.53 bits per heavy atom. The summed E-state index contributed by atoms with van der Waals surface area (Å²) in [5.74, 6) is -0.144. The highest BCUT2D eigenvalue weighted by Gasteiger charge is 2.24. The molecule has 1 aromatic rings. The highest BCUT2D eigenvalue weighted by atomic mass is 79.9. The van der Waals surface area contributed by atoms with Crippen LogP contribution in [0.3, 0.4) is 0 Å². The minimum atomic E-state index is -0.435. The van der Waals surface area contributed by atoms with Gasteiger partial charge < -0.3 is 16.2 Å². The summed E-state index contributed by atoms with van der Waals surface area (Å²) in [4.78, 5) is 13.7. The van der Waals surface area contributed by atoms with Crippen LogP contribution in [0, 0.1) is 0 Å². The molecule has 6 heteroatoms. The lowest BCUT2D eigenvalue weighted by atomic mass is 10.1. The van der Waals surface area contributed by atoms with E-state index in [-0.39, 0.29) is 19.1 Å². The average Bonchev–Trinajstić information content (AvgIpc) is 2.32. The minimum absolute atomic E-state index is 0.0116. The van der Waals surface area contributed by atoms with Crippen LogP contribution in [0.1, 0.15) is 13.8 Å². The van der Waals surface area contributed by atoms with Gasteiger partial charge in [0.25, 0.3) is 0 Å². The second-order valence-electron chi connectivity index (χ2n) is 5.11. The number of rotatable bonds is 5. The number of carbonyl (C=O) groups excluding carboxylic acids is 1. The summed E-state index contributed by atoms with van der Waals surface area (Å²) in [6.45, 7) is 3.94. The molecular weight excluding hydrogens is 310 g/mol. The number of carbonyl (C=O) groups is 1. The van der Waals surface area contributed by atoms with Gasteiger partial charge in [-0.2, -0.15) is 0 Å². The second kappa shape index (κ2) is 6.36. The van der Waals surface area contributed by atoms with Gasteiger partial charge in [-0.15, -0.1) is 0 Å². The summed E-state index contributed by atoms with van der Waals surface area (Å²) in [6.07, 6.45) is 0. The fraction of sp³-hybridized carbons (Fsp3) is 0.462.